The summed E-state index contributed by atoms with van der Waals surface area (Å²) >= 11 is 5.87. The summed E-state index contributed by atoms with van der Waals surface area (Å²) in [5.74, 6) is 0. The third-order valence-electron chi connectivity index (χ3n) is 3.15. The molecule has 6 nitrogen and oxygen atoms in total. The number of aromatic nitrogens is 3. The van der Waals surface area contributed by atoms with E-state index in [-0.39, 0.29) is 22.4 Å². The minimum Gasteiger partial charge on any atom is -0.264 e. The van der Waals surface area contributed by atoms with Crippen LogP contribution in [0.4, 0.5) is 5.69 Å². The molecule has 0 bridgehead atoms. The zero-order valence-corrected chi connectivity index (χ0v) is 11.7. The second-order valence-electron chi connectivity index (χ2n) is 4.43. The van der Waals surface area contributed by atoms with Gasteiger partial charge in [-0.3, -0.25) is 15.1 Å². The average Bonchev–Trinajstić information content (AvgIpc) is 2.45. The first-order valence-corrected chi connectivity index (χ1v) is 6.47. The van der Waals surface area contributed by atoms with Crippen LogP contribution in [0.1, 0.15) is 5.69 Å². The van der Waals surface area contributed by atoms with Crippen LogP contribution in [-0.4, -0.2) is 19.9 Å². The van der Waals surface area contributed by atoms with Gasteiger partial charge < -0.3 is 0 Å². The molecule has 2 heterocycles. The predicted octanol–water partition coefficient (Wildman–Crippen LogP) is 3.56. The van der Waals surface area contributed by atoms with E-state index in [0.29, 0.717) is 5.56 Å². The average molecular weight is 301 g/mol. The molecule has 104 valence electrons. The maximum Gasteiger partial charge on any atom is 0.316 e. The fraction of sp³-hybridized carbons (Fsp3) is 0.0714. The molecule has 0 saturated heterocycles. The number of nitrogens with zero attached hydrogens (tertiary/aromatic N) is 4. The number of pyridine rings is 1. The molecule has 0 saturated carbocycles. The summed E-state index contributed by atoms with van der Waals surface area (Å²) in [7, 11) is 0. The van der Waals surface area contributed by atoms with Gasteiger partial charge in [-0.25, -0.2) is 9.97 Å². The zero-order chi connectivity index (χ0) is 15.0. The summed E-state index contributed by atoms with van der Waals surface area (Å²) in [5, 5.41) is 13.0. The lowest BCUT2D eigenvalue weighted by molar-refractivity contribution is -0.385. The molecule has 2 aromatic heterocycles. The highest BCUT2D eigenvalue weighted by atomic mass is 35.5. The van der Waals surface area contributed by atoms with Gasteiger partial charge >= 0.3 is 5.69 Å². The number of aryl methyl sites for hydroxylation is 1. The molecular formula is C14H9ClN4O2. The molecule has 0 atom stereocenters. The van der Waals surface area contributed by atoms with E-state index in [0.717, 1.165) is 10.8 Å². The van der Waals surface area contributed by atoms with Gasteiger partial charge in [0.1, 0.15) is 5.69 Å². The largest absolute Gasteiger partial charge is 0.316 e. The number of rotatable bonds is 2. The Hall–Kier alpha value is -2.60. The quantitative estimate of drug-likeness (QED) is 0.410. The van der Waals surface area contributed by atoms with Gasteiger partial charge in [0.15, 0.2) is 5.69 Å². The van der Waals surface area contributed by atoms with E-state index in [4.69, 9.17) is 11.6 Å². The molecule has 0 amide bonds. The van der Waals surface area contributed by atoms with Gasteiger partial charge in [0.2, 0.25) is 5.28 Å². The molecule has 0 radical (unpaired) electrons. The Labute approximate surface area is 124 Å². The molecule has 21 heavy (non-hydrogen) atoms. The van der Waals surface area contributed by atoms with Crippen LogP contribution in [0.25, 0.3) is 22.0 Å². The molecule has 0 aliphatic heterocycles. The van der Waals surface area contributed by atoms with Gasteiger partial charge in [-0.15, -0.1) is 0 Å². The topological polar surface area (TPSA) is 81.8 Å². The molecule has 0 unspecified atom stereocenters. The predicted molar refractivity (Wildman–Crippen MR) is 79.2 cm³/mol. The summed E-state index contributed by atoms with van der Waals surface area (Å²) < 4.78 is 0. The zero-order valence-electron chi connectivity index (χ0n) is 10.9. The molecule has 0 spiro atoms. The van der Waals surface area contributed by atoms with Crippen molar-refractivity contribution in [3.05, 3.63) is 57.8 Å². The van der Waals surface area contributed by atoms with Crippen LogP contribution in [0.3, 0.4) is 0 Å². The monoisotopic (exact) mass is 300 g/mol. The van der Waals surface area contributed by atoms with Crippen LogP contribution in [0.15, 0.2) is 36.7 Å². The summed E-state index contributed by atoms with van der Waals surface area (Å²) in [5.41, 5.74) is 0.905. The lowest BCUT2D eigenvalue weighted by Crippen LogP contribution is -2.01. The van der Waals surface area contributed by atoms with E-state index in [1.807, 2.05) is 18.2 Å². The van der Waals surface area contributed by atoms with Crippen molar-refractivity contribution in [2.45, 2.75) is 6.92 Å². The molecule has 0 aliphatic carbocycles. The number of halogens is 1. The van der Waals surface area contributed by atoms with E-state index < -0.39 is 4.92 Å². The van der Waals surface area contributed by atoms with Gasteiger partial charge in [-0.05, 0) is 30.0 Å². The molecule has 3 rings (SSSR count). The van der Waals surface area contributed by atoms with Gasteiger partial charge in [0.25, 0.3) is 0 Å². The third kappa shape index (κ3) is 2.30. The number of hydrogen-bond acceptors (Lipinski definition) is 5. The molecule has 0 fully saturated rings. The maximum absolute atomic E-state index is 11.3. The Bertz CT molecular complexity index is 861. The standard InChI is InChI=1S/C14H9ClN4O2/c1-8-13(19(20)21)12(18-14(15)17-8)10-4-2-3-9-5-6-16-7-11(9)10/h2-7H,1H3. The summed E-state index contributed by atoms with van der Waals surface area (Å²) in [6.07, 6.45) is 3.32. The number of nitro groups is 1. The number of hydrogen-bond donors (Lipinski definition) is 0. The Morgan fingerprint density at radius 2 is 2.05 bits per heavy atom. The van der Waals surface area contributed by atoms with E-state index >= 15 is 0 Å². The normalized spacial score (nSPS) is 10.8. The molecule has 1 aromatic carbocycles. The second-order valence-corrected chi connectivity index (χ2v) is 4.77. The van der Waals surface area contributed by atoms with Crippen molar-refractivity contribution in [1.82, 2.24) is 15.0 Å². The fourth-order valence-corrected chi connectivity index (χ4v) is 2.47. The Morgan fingerprint density at radius 1 is 1.24 bits per heavy atom. The highest BCUT2D eigenvalue weighted by Crippen LogP contribution is 2.35. The Morgan fingerprint density at radius 3 is 2.81 bits per heavy atom. The third-order valence-corrected chi connectivity index (χ3v) is 3.32. The second kappa shape index (κ2) is 5.06. The lowest BCUT2D eigenvalue weighted by Gasteiger charge is -2.08. The summed E-state index contributed by atoms with van der Waals surface area (Å²) in [6, 6.07) is 7.31. The van der Waals surface area contributed by atoms with Gasteiger partial charge in [-0.2, -0.15) is 0 Å². The Kier molecular flexibility index (Phi) is 3.23. The van der Waals surface area contributed by atoms with Gasteiger partial charge in [-0.1, -0.05) is 18.2 Å². The first kappa shape index (κ1) is 13.4. The van der Waals surface area contributed by atoms with Crippen LogP contribution < -0.4 is 0 Å². The first-order valence-electron chi connectivity index (χ1n) is 6.09. The number of fused-ring (bicyclic) bond motifs is 1. The van der Waals surface area contributed by atoms with Crippen LogP contribution in [0.5, 0.6) is 0 Å². The van der Waals surface area contributed by atoms with Crippen molar-refractivity contribution >= 4 is 28.1 Å². The maximum atomic E-state index is 11.3. The molecular weight excluding hydrogens is 292 g/mol. The molecule has 7 heteroatoms. The van der Waals surface area contributed by atoms with Crippen LogP contribution >= 0.6 is 11.6 Å². The SMILES string of the molecule is Cc1nc(Cl)nc(-c2cccc3ccncc23)c1[N+](=O)[O-]. The van der Waals surface area contributed by atoms with Crippen molar-refractivity contribution in [2.75, 3.05) is 0 Å². The van der Waals surface area contributed by atoms with E-state index in [9.17, 15) is 10.1 Å². The van der Waals surface area contributed by atoms with Crippen molar-refractivity contribution in [1.29, 1.82) is 0 Å². The van der Waals surface area contributed by atoms with Crippen molar-refractivity contribution in [3.8, 4) is 11.3 Å². The van der Waals surface area contributed by atoms with E-state index in [1.54, 1.807) is 25.4 Å². The molecule has 0 aliphatic rings. The van der Waals surface area contributed by atoms with Crippen LogP contribution in [0, 0.1) is 17.0 Å². The fourth-order valence-electron chi connectivity index (χ4n) is 2.26. The number of benzene rings is 1. The van der Waals surface area contributed by atoms with Crippen LogP contribution in [-0.2, 0) is 0 Å². The Balaban J connectivity index is 2.41. The highest BCUT2D eigenvalue weighted by molar-refractivity contribution is 6.28. The van der Waals surface area contributed by atoms with Crippen molar-refractivity contribution in [2.24, 2.45) is 0 Å². The van der Waals surface area contributed by atoms with E-state index in [1.165, 1.54) is 0 Å². The smallest absolute Gasteiger partial charge is 0.264 e. The van der Waals surface area contributed by atoms with Crippen LogP contribution in [0.2, 0.25) is 5.28 Å². The van der Waals surface area contributed by atoms with Gasteiger partial charge in [0, 0.05) is 23.3 Å². The van der Waals surface area contributed by atoms with E-state index in [2.05, 4.69) is 15.0 Å². The lowest BCUT2D eigenvalue weighted by atomic mass is 10.0. The highest BCUT2D eigenvalue weighted by Gasteiger charge is 2.24. The first-order chi connectivity index (χ1) is 10.1. The van der Waals surface area contributed by atoms with Crippen molar-refractivity contribution < 1.29 is 4.92 Å². The minimum absolute atomic E-state index is 0.0195. The minimum atomic E-state index is -0.490. The van der Waals surface area contributed by atoms with Crippen molar-refractivity contribution in [3.63, 3.8) is 0 Å². The van der Waals surface area contributed by atoms with Gasteiger partial charge in [0.05, 0.1) is 4.92 Å². The molecule has 0 N–H and O–H groups in total. The molecule has 3 aromatic rings. The summed E-state index contributed by atoms with van der Waals surface area (Å²) in [6.45, 7) is 1.54. The summed E-state index contributed by atoms with van der Waals surface area (Å²) in [4.78, 5) is 22.8.